The van der Waals surface area contributed by atoms with Gasteiger partial charge in [-0.2, -0.15) is 0 Å². The van der Waals surface area contributed by atoms with Gasteiger partial charge in [0, 0.05) is 19.5 Å². The molecule has 3 N–H and O–H groups in total. The van der Waals surface area contributed by atoms with Crippen LogP contribution >= 0.6 is 0 Å². The van der Waals surface area contributed by atoms with Crippen LogP contribution in [0.3, 0.4) is 0 Å². The minimum absolute atomic E-state index is 0.328. The molecule has 0 aliphatic rings. The first-order valence-electron chi connectivity index (χ1n) is 6.14. The van der Waals surface area contributed by atoms with Gasteiger partial charge in [-0.05, 0) is 24.8 Å². The highest BCUT2D eigenvalue weighted by Gasteiger charge is 2.09. The fourth-order valence-electron chi connectivity index (χ4n) is 1.82. The van der Waals surface area contributed by atoms with Crippen molar-refractivity contribution in [2.75, 3.05) is 19.6 Å². The van der Waals surface area contributed by atoms with E-state index >= 15 is 0 Å². The van der Waals surface area contributed by atoms with Gasteiger partial charge < -0.3 is 15.8 Å². The summed E-state index contributed by atoms with van der Waals surface area (Å²) in [4.78, 5) is 2.46. The first-order valence-corrected chi connectivity index (χ1v) is 6.14. The molecular formula is C12H27N3O. The van der Waals surface area contributed by atoms with Crippen molar-refractivity contribution in [2.24, 2.45) is 22.7 Å². The Hall–Kier alpha value is -0.770. The number of nitrogens with zero attached hydrogens (tertiary/aromatic N) is 2. The zero-order valence-electron chi connectivity index (χ0n) is 11.1. The maximum Gasteiger partial charge on any atom is 0.139 e. The molecule has 0 aliphatic heterocycles. The van der Waals surface area contributed by atoms with Crippen LogP contribution < -0.4 is 5.73 Å². The largest absolute Gasteiger partial charge is 0.409 e. The van der Waals surface area contributed by atoms with Crippen LogP contribution in [0, 0.1) is 11.8 Å². The minimum atomic E-state index is 0.328. The second kappa shape index (κ2) is 8.39. The number of hydrogen-bond acceptors (Lipinski definition) is 3. The van der Waals surface area contributed by atoms with Crippen LogP contribution in [0.25, 0.3) is 0 Å². The zero-order valence-corrected chi connectivity index (χ0v) is 11.1. The summed E-state index contributed by atoms with van der Waals surface area (Å²) in [6.07, 6.45) is 1.62. The number of hydrogen-bond donors (Lipinski definition) is 2. The third kappa shape index (κ3) is 8.53. The summed E-state index contributed by atoms with van der Waals surface area (Å²) in [5.74, 6) is 1.69. The molecule has 0 radical (unpaired) electrons. The van der Waals surface area contributed by atoms with Gasteiger partial charge in [0.25, 0.3) is 0 Å². The van der Waals surface area contributed by atoms with Gasteiger partial charge in [-0.1, -0.05) is 32.9 Å². The third-order valence-corrected chi connectivity index (χ3v) is 2.28. The Morgan fingerprint density at radius 3 is 2.06 bits per heavy atom. The number of rotatable bonds is 8. The fourth-order valence-corrected chi connectivity index (χ4v) is 1.82. The predicted octanol–water partition coefficient (Wildman–Crippen LogP) is 2.13. The Labute approximate surface area is 99.5 Å². The van der Waals surface area contributed by atoms with Crippen LogP contribution in [0.2, 0.25) is 0 Å². The Bertz CT molecular complexity index is 192. The maximum atomic E-state index is 8.44. The zero-order chi connectivity index (χ0) is 12.6. The molecule has 16 heavy (non-hydrogen) atoms. The summed E-state index contributed by atoms with van der Waals surface area (Å²) in [6, 6.07) is 0. The Balaban J connectivity index is 3.91. The number of nitrogens with two attached hydrogens (primary N) is 1. The molecule has 0 rings (SSSR count). The second-order valence-electron chi connectivity index (χ2n) is 5.24. The van der Waals surface area contributed by atoms with Gasteiger partial charge in [0.2, 0.25) is 0 Å². The average molecular weight is 229 g/mol. The predicted molar refractivity (Wildman–Crippen MR) is 68.8 cm³/mol. The standard InChI is InChI=1S/C12H27N3O/c1-10(2)8-15(9-11(3)4)7-5-6-12(13)14-16/h10-11,16H,5-9H2,1-4H3,(H2,13,14). The lowest BCUT2D eigenvalue weighted by molar-refractivity contribution is 0.218. The normalized spacial score (nSPS) is 13.1. The monoisotopic (exact) mass is 229 g/mol. The van der Waals surface area contributed by atoms with E-state index in [-0.39, 0.29) is 0 Å². The summed E-state index contributed by atoms with van der Waals surface area (Å²) in [5, 5.41) is 11.4. The van der Waals surface area contributed by atoms with Crippen molar-refractivity contribution in [1.82, 2.24) is 4.90 Å². The summed E-state index contributed by atoms with van der Waals surface area (Å²) < 4.78 is 0. The SMILES string of the molecule is CC(C)CN(CCC/C(N)=N/O)CC(C)C. The van der Waals surface area contributed by atoms with Crippen LogP contribution in [0.15, 0.2) is 5.16 Å². The summed E-state index contributed by atoms with van der Waals surface area (Å²) in [5.41, 5.74) is 5.44. The summed E-state index contributed by atoms with van der Waals surface area (Å²) >= 11 is 0. The summed E-state index contributed by atoms with van der Waals surface area (Å²) in [6.45, 7) is 12.2. The average Bonchev–Trinajstić information content (AvgIpc) is 2.15. The lowest BCUT2D eigenvalue weighted by atomic mass is 10.1. The topological polar surface area (TPSA) is 61.8 Å². The molecule has 96 valence electrons. The van der Waals surface area contributed by atoms with Crippen molar-refractivity contribution < 1.29 is 5.21 Å². The third-order valence-electron chi connectivity index (χ3n) is 2.28. The molecule has 0 fully saturated rings. The van der Waals surface area contributed by atoms with Gasteiger partial charge in [0.1, 0.15) is 5.84 Å². The van der Waals surface area contributed by atoms with Gasteiger partial charge in [-0.15, -0.1) is 0 Å². The lowest BCUT2D eigenvalue weighted by Crippen LogP contribution is -2.32. The molecule has 0 aromatic rings. The molecule has 0 amide bonds. The second-order valence-corrected chi connectivity index (χ2v) is 5.24. The van der Waals surface area contributed by atoms with E-state index < -0.39 is 0 Å². The van der Waals surface area contributed by atoms with E-state index in [1.54, 1.807) is 0 Å². The van der Waals surface area contributed by atoms with Crippen molar-refractivity contribution in [3.05, 3.63) is 0 Å². The molecule has 0 saturated carbocycles. The molecule has 0 atom stereocenters. The van der Waals surface area contributed by atoms with Crippen LogP contribution in [-0.4, -0.2) is 35.6 Å². The smallest absolute Gasteiger partial charge is 0.139 e. The van der Waals surface area contributed by atoms with E-state index in [0.717, 1.165) is 26.1 Å². The first-order chi connectivity index (χ1) is 7.45. The highest BCUT2D eigenvalue weighted by molar-refractivity contribution is 5.79. The van der Waals surface area contributed by atoms with Gasteiger partial charge in [0.15, 0.2) is 0 Å². The maximum absolute atomic E-state index is 8.44. The van der Waals surface area contributed by atoms with Gasteiger partial charge in [0.05, 0.1) is 0 Å². The fraction of sp³-hybridized carbons (Fsp3) is 0.917. The number of amidine groups is 1. The molecule has 0 aliphatic carbocycles. The Kier molecular flexibility index (Phi) is 7.99. The van der Waals surface area contributed by atoms with Crippen LogP contribution in [-0.2, 0) is 0 Å². The van der Waals surface area contributed by atoms with E-state index in [0.29, 0.717) is 24.1 Å². The number of oxime groups is 1. The molecule has 4 nitrogen and oxygen atoms in total. The van der Waals surface area contributed by atoms with E-state index in [4.69, 9.17) is 10.9 Å². The van der Waals surface area contributed by atoms with Crippen molar-refractivity contribution in [2.45, 2.75) is 40.5 Å². The van der Waals surface area contributed by atoms with Gasteiger partial charge in [-0.25, -0.2) is 0 Å². The molecule has 0 unspecified atom stereocenters. The molecule has 0 heterocycles. The van der Waals surface area contributed by atoms with Crippen molar-refractivity contribution in [3.63, 3.8) is 0 Å². The highest BCUT2D eigenvalue weighted by Crippen LogP contribution is 2.05. The Morgan fingerprint density at radius 1 is 1.19 bits per heavy atom. The van der Waals surface area contributed by atoms with E-state index in [1.807, 2.05) is 0 Å². The molecular weight excluding hydrogens is 202 g/mol. The van der Waals surface area contributed by atoms with Crippen LogP contribution in [0.1, 0.15) is 40.5 Å². The van der Waals surface area contributed by atoms with Crippen LogP contribution in [0.5, 0.6) is 0 Å². The van der Waals surface area contributed by atoms with Gasteiger partial charge >= 0.3 is 0 Å². The van der Waals surface area contributed by atoms with Crippen LogP contribution in [0.4, 0.5) is 0 Å². The van der Waals surface area contributed by atoms with E-state index in [2.05, 4.69) is 37.8 Å². The van der Waals surface area contributed by atoms with E-state index in [1.165, 1.54) is 0 Å². The summed E-state index contributed by atoms with van der Waals surface area (Å²) in [7, 11) is 0. The molecule has 0 aromatic heterocycles. The van der Waals surface area contributed by atoms with Crippen molar-refractivity contribution in [1.29, 1.82) is 0 Å². The van der Waals surface area contributed by atoms with Crippen molar-refractivity contribution >= 4 is 5.84 Å². The quantitative estimate of drug-likeness (QED) is 0.290. The lowest BCUT2D eigenvalue weighted by Gasteiger charge is -2.25. The molecule has 0 saturated heterocycles. The molecule has 0 bridgehead atoms. The van der Waals surface area contributed by atoms with E-state index in [9.17, 15) is 0 Å². The Morgan fingerprint density at radius 2 is 1.69 bits per heavy atom. The molecule has 0 aromatic carbocycles. The molecule has 0 spiro atoms. The van der Waals surface area contributed by atoms with Gasteiger partial charge in [-0.3, -0.25) is 0 Å². The minimum Gasteiger partial charge on any atom is -0.409 e. The van der Waals surface area contributed by atoms with Crippen molar-refractivity contribution in [3.8, 4) is 0 Å². The highest BCUT2D eigenvalue weighted by atomic mass is 16.4. The molecule has 4 heteroatoms. The first kappa shape index (κ1) is 15.2.